The number of thiazole rings is 1. The molecular formula is C21H22ClN3O2S2. The fourth-order valence-corrected chi connectivity index (χ4v) is 5.40. The molecule has 152 valence electrons. The third-order valence-corrected chi connectivity index (χ3v) is 7.31. The molecule has 8 heteroatoms. The van der Waals surface area contributed by atoms with Crippen molar-refractivity contribution in [2.24, 2.45) is 0 Å². The molecule has 1 aromatic carbocycles. The number of morpholine rings is 1. The second-order valence-electron chi connectivity index (χ2n) is 6.96. The molecule has 4 rings (SSSR count). The van der Waals surface area contributed by atoms with Gasteiger partial charge < -0.3 is 10.1 Å². The number of amides is 1. The van der Waals surface area contributed by atoms with Crippen LogP contribution in [0.1, 0.15) is 20.9 Å². The average molecular weight is 448 g/mol. The minimum absolute atomic E-state index is 0.0137. The summed E-state index contributed by atoms with van der Waals surface area (Å²) >= 11 is 8.88. The van der Waals surface area contributed by atoms with Crippen molar-refractivity contribution >= 4 is 40.2 Å². The summed E-state index contributed by atoms with van der Waals surface area (Å²) in [6, 6.07) is 14.2. The van der Waals surface area contributed by atoms with E-state index >= 15 is 0 Å². The monoisotopic (exact) mass is 447 g/mol. The van der Waals surface area contributed by atoms with Crippen LogP contribution >= 0.6 is 34.3 Å². The molecule has 0 aliphatic carbocycles. The molecule has 1 aliphatic heterocycles. The summed E-state index contributed by atoms with van der Waals surface area (Å²) in [5.74, 6) is -0.0994. The Bertz CT molecular complexity index is 973. The van der Waals surface area contributed by atoms with Gasteiger partial charge in [0.2, 0.25) is 0 Å². The van der Waals surface area contributed by atoms with Crippen LogP contribution in [-0.4, -0.2) is 48.1 Å². The van der Waals surface area contributed by atoms with Crippen molar-refractivity contribution in [1.82, 2.24) is 15.2 Å². The lowest BCUT2D eigenvalue weighted by Crippen LogP contribution is -2.47. The molecule has 29 heavy (non-hydrogen) atoms. The highest BCUT2D eigenvalue weighted by atomic mass is 35.5. The summed E-state index contributed by atoms with van der Waals surface area (Å²) in [7, 11) is 0. The van der Waals surface area contributed by atoms with Crippen LogP contribution in [0.4, 0.5) is 0 Å². The molecule has 1 aliphatic rings. The SMILES string of the molecule is Cc1nc(-c2ccc(Cl)s2)sc1C(=O)NCC1CN(Cc2ccccc2)CCO1. The third kappa shape index (κ3) is 5.24. The number of carbonyl (C=O) groups is 1. The summed E-state index contributed by atoms with van der Waals surface area (Å²) in [6.07, 6.45) is -0.0137. The quantitative estimate of drug-likeness (QED) is 0.606. The predicted molar refractivity (Wildman–Crippen MR) is 119 cm³/mol. The summed E-state index contributed by atoms with van der Waals surface area (Å²) in [5, 5.41) is 3.85. The van der Waals surface area contributed by atoms with Crippen molar-refractivity contribution in [2.75, 3.05) is 26.2 Å². The number of carbonyl (C=O) groups excluding carboxylic acids is 1. The van der Waals surface area contributed by atoms with Crippen LogP contribution in [0.5, 0.6) is 0 Å². The van der Waals surface area contributed by atoms with Crippen molar-refractivity contribution in [1.29, 1.82) is 0 Å². The number of ether oxygens (including phenoxy) is 1. The highest BCUT2D eigenvalue weighted by Crippen LogP contribution is 2.34. The zero-order valence-electron chi connectivity index (χ0n) is 16.1. The molecule has 1 atom stereocenters. The molecule has 1 fully saturated rings. The number of halogens is 1. The van der Waals surface area contributed by atoms with E-state index in [2.05, 4.69) is 39.5 Å². The summed E-state index contributed by atoms with van der Waals surface area (Å²) < 4.78 is 6.57. The number of nitrogens with zero attached hydrogens (tertiary/aromatic N) is 2. The normalized spacial score (nSPS) is 17.4. The number of aromatic nitrogens is 1. The molecule has 3 aromatic rings. The highest BCUT2D eigenvalue weighted by molar-refractivity contribution is 7.24. The Balaban J connectivity index is 1.33. The van der Waals surface area contributed by atoms with E-state index in [1.807, 2.05) is 25.1 Å². The Morgan fingerprint density at radius 1 is 1.28 bits per heavy atom. The van der Waals surface area contributed by atoms with Gasteiger partial charge >= 0.3 is 0 Å². The van der Waals surface area contributed by atoms with Gasteiger partial charge in [-0.15, -0.1) is 22.7 Å². The number of thiophene rings is 1. The smallest absolute Gasteiger partial charge is 0.263 e. The van der Waals surface area contributed by atoms with E-state index in [0.717, 1.165) is 35.2 Å². The van der Waals surface area contributed by atoms with E-state index in [0.29, 0.717) is 22.4 Å². The minimum atomic E-state index is -0.0994. The Hall–Kier alpha value is -1.77. The Morgan fingerprint density at radius 2 is 2.10 bits per heavy atom. The first-order chi connectivity index (χ1) is 14.1. The Morgan fingerprint density at radius 3 is 2.86 bits per heavy atom. The molecule has 0 saturated carbocycles. The van der Waals surface area contributed by atoms with Crippen LogP contribution < -0.4 is 5.32 Å². The molecule has 1 saturated heterocycles. The molecule has 2 aromatic heterocycles. The standard InChI is InChI=1S/C21H22ClN3O2S2/c1-14-19(29-21(24-14)17-7-8-18(22)28-17)20(26)23-11-16-13-25(9-10-27-16)12-15-5-3-2-4-6-15/h2-8,16H,9-13H2,1H3,(H,23,26). The fourth-order valence-electron chi connectivity index (χ4n) is 3.32. The third-order valence-electron chi connectivity index (χ3n) is 4.75. The van der Waals surface area contributed by atoms with Crippen molar-refractivity contribution < 1.29 is 9.53 Å². The largest absolute Gasteiger partial charge is 0.374 e. The van der Waals surface area contributed by atoms with Gasteiger partial charge in [0, 0.05) is 26.2 Å². The van der Waals surface area contributed by atoms with Crippen LogP contribution in [0.15, 0.2) is 42.5 Å². The summed E-state index contributed by atoms with van der Waals surface area (Å²) in [4.78, 5) is 21.2. The lowest BCUT2D eigenvalue weighted by atomic mass is 10.2. The maximum absolute atomic E-state index is 12.7. The lowest BCUT2D eigenvalue weighted by Gasteiger charge is -2.33. The number of benzene rings is 1. The molecule has 0 radical (unpaired) electrons. The van der Waals surface area contributed by atoms with E-state index in [9.17, 15) is 4.79 Å². The molecule has 1 amide bonds. The zero-order valence-corrected chi connectivity index (χ0v) is 18.4. The number of nitrogens with one attached hydrogen (secondary N) is 1. The highest BCUT2D eigenvalue weighted by Gasteiger charge is 2.23. The van der Waals surface area contributed by atoms with Crippen molar-refractivity contribution in [3.05, 3.63) is 62.9 Å². The molecule has 1 N–H and O–H groups in total. The van der Waals surface area contributed by atoms with Crippen molar-refractivity contribution in [3.63, 3.8) is 0 Å². The second kappa shape index (κ2) is 9.36. The van der Waals surface area contributed by atoms with Crippen molar-refractivity contribution in [3.8, 4) is 9.88 Å². The fraction of sp³-hybridized carbons (Fsp3) is 0.333. The predicted octanol–water partition coefficient (Wildman–Crippen LogP) is 4.46. The van der Waals surface area contributed by atoms with Gasteiger partial charge in [0.15, 0.2) is 0 Å². The minimum Gasteiger partial charge on any atom is -0.374 e. The van der Waals surface area contributed by atoms with Crippen molar-refractivity contribution in [2.45, 2.75) is 19.6 Å². The molecule has 3 heterocycles. The summed E-state index contributed by atoms with van der Waals surface area (Å²) in [6.45, 7) is 5.63. The van der Waals surface area contributed by atoms with E-state index in [-0.39, 0.29) is 12.0 Å². The van der Waals surface area contributed by atoms with Gasteiger partial charge in [0.25, 0.3) is 5.91 Å². The van der Waals surface area contributed by atoms with Gasteiger partial charge in [0.05, 0.1) is 27.6 Å². The van der Waals surface area contributed by atoms with E-state index in [1.165, 1.54) is 28.2 Å². The maximum Gasteiger partial charge on any atom is 0.263 e. The zero-order chi connectivity index (χ0) is 20.2. The van der Waals surface area contributed by atoms with Crippen LogP contribution in [0.25, 0.3) is 9.88 Å². The Labute approximate surface area is 183 Å². The van der Waals surface area contributed by atoms with Gasteiger partial charge in [-0.3, -0.25) is 9.69 Å². The van der Waals surface area contributed by atoms with Gasteiger partial charge in [-0.05, 0) is 24.6 Å². The first-order valence-corrected chi connectivity index (χ1v) is 11.5. The van der Waals surface area contributed by atoms with E-state index in [4.69, 9.17) is 16.3 Å². The van der Waals surface area contributed by atoms with Gasteiger partial charge in [-0.1, -0.05) is 41.9 Å². The van der Waals surface area contributed by atoms with Gasteiger partial charge in [-0.2, -0.15) is 0 Å². The van der Waals surface area contributed by atoms with Gasteiger partial charge in [0.1, 0.15) is 9.88 Å². The van der Waals surface area contributed by atoms with Crippen LogP contribution in [0.2, 0.25) is 4.34 Å². The molecule has 0 spiro atoms. The molecular weight excluding hydrogens is 426 g/mol. The Kier molecular flexibility index (Phi) is 6.62. The average Bonchev–Trinajstić information content (AvgIpc) is 3.33. The first-order valence-electron chi connectivity index (χ1n) is 9.47. The van der Waals surface area contributed by atoms with E-state index < -0.39 is 0 Å². The molecule has 0 bridgehead atoms. The van der Waals surface area contributed by atoms with E-state index in [1.54, 1.807) is 0 Å². The number of hydrogen-bond acceptors (Lipinski definition) is 6. The van der Waals surface area contributed by atoms with Crippen LogP contribution in [0.3, 0.4) is 0 Å². The topological polar surface area (TPSA) is 54.5 Å². The first kappa shape index (κ1) is 20.5. The van der Waals surface area contributed by atoms with Crippen LogP contribution in [0, 0.1) is 6.92 Å². The molecule has 1 unspecified atom stereocenters. The maximum atomic E-state index is 12.7. The number of aryl methyl sites for hydroxylation is 1. The number of rotatable bonds is 6. The molecule has 5 nitrogen and oxygen atoms in total. The lowest BCUT2D eigenvalue weighted by molar-refractivity contribution is -0.0292. The summed E-state index contributed by atoms with van der Waals surface area (Å²) in [5.41, 5.74) is 2.03. The van der Waals surface area contributed by atoms with Gasteiger partial charge in [-0.25, -0.2) is 4.98 Å². The second-order valence-corrected chi connectivity index (χ2v) is 9.68. The van der Waals surface area contributed by atoms with Crippen LogP contribution in [-0.2, 0) is 11.3 Å². The number of hydrogen-bond donors (Lipinski definition) is 1.